The van der Waals surface area contributed by atoms with Gasteiger partial charge in [0.15, 0.2) is 0 Å². The minimum atomic E-state index is 0.0119. The van der Waals surface area contributed by atoms with Gasteiger partial charge in [-0.2, -0.15) is 11.8 Å². The molecule has 0 amide bonds. The molecule has 50 heavy (non-hydrogen) atoms. The fourth-order valence-electron chi connectivity index (χ4n) is 7.32. The van der Waals surface area contributed by atoms with Crippen LogP contribution in [0.15, 0.2) is 0 Å². The first kappa shape index (κ1) is 47.0. The normalized spacial score (nSPS) is 15.0. The summed E-state index contributed by atoms with van der Waals surface area (Å²) >= 11 is 1.92. The van der Waals surface area contributed by atoms with Gasteiger partial charge < -0.3 is 9.47 Å². The SMILES string of the molecule is CCCCCCCCC(CCCCCC)C(=O)OCCCCCC(=O)CCCCCSCC(CCCCCC)OC(=O)CC1CCCCCC1. The molecule has 0 aromatic heterocycles. The van der Waals surface area contributed by atoms with Gasteiger partial charge in [-0.1, -0.05) is 136 Å². The van der Waals surface area contributed by atoms with Crippen molar-refractivity contribution in [3.05, 3.63) is 0 Å². The topological polar surface area (TPSA) is 69.7 Å². The highest BCUT2D eigenvalue weighted by Gasteiger charge is 2.21. The summed E-state index contributed by atoms with van der Waals surface area (Å²) in [5.41, 5.74) is 0. The smallest absolute Gasteiger partial charge is 0.308 e. The number of Topliss-reactive ketones (excluding diaryl/α,β-unsaturated/α-hetero) is 1. The van der Waals surface area contributed by atoms with Crippen LogP contribution in [-0.2, 0) is 23.9 Å². The predicted octanol–water partition coefficient (Wildman–Crippen LogP) is 13.5. The molecule has 0 bridgehead atoms. The van der Waals surface area contributed by atoms with Gasteiger partial charge in [-0.05, 0) is 82.3 Å². The lowest BCUT2D eigenvalue weighted by molar-refractivity contribution is -0.150. The zero-order chi connectivity index (χ0) is 36.3. The molecule has 2 atom stereocenters. The molecule has 6 heteroatoms. The number of carbonyl (C=O) groups excluding carboxylic acids is 3. The van der Waals surface area contributed by atoms with Gasteiger partial charge in [0.2, 0.25) is 0 Å². The molecule has 1 saturated carbocycles. The summed E-state index contributed by atoms with van der Waals surface area (Å²) < 4.78 is 11.8. The number of ether oxygens (including phenoxy) is 2. The van der Waals surface area contributed by atoms with Crippen LogP contribution in [0.4, 0.5) is 0 Å². The van der Waals surface area contributed by atoms with E-state index in [4.69, 9.17) is 9.47 Å². The molecule has 1 aliphatic carbocycles. The fourth-order valence-corrected chi connectivity index (χ4v) is 8.39. The molecule has 0 aliphatic heterocycles. The third-order valence-electron chi connectivity index (χ3n) is 10.6. The maximum Gasteiger partial charge on any atom is 0.308 e. The van der Waals surface area contributed by atoms with Crippen LogP contribution in [0.2, 0.25) is 0 Å². The number of rotatable bonds is 35. The lowest BCUT2D eigenvalue weighted by Crippen LogP contribution is -2.22. The highest BCUT2D eigenvalue weighted by molar-refractivity contribution is 7.99. The molecule has 0 saturated heterocycles. The zero-order valence-corrected chi connectivity index (χ0v) is 34.2. The average molecular weight is 723 g/mol. The van der Waals surface area contributed by atoms with Crippen LogP contribution in [0.25, 0.3) is 0 Å². The Labute approximate surface area is 314 Å². The van der Waals surface area contributed by atoms with Gasteiger partial charge in [-0.15, -0.1) is 0 Å². The molecule has 2 unspecified atom stereocenters. The molecule has 0 N–H and O–H groups in total. The number of hydrogen-bond donors (Lipinski definition) is 0. The molecule has 1 aliphatic rings. The van der Waals surface area contributed by atoms with E-state index in [1.807, 2.05) is 11.8 Å². The first-order chi connectivity index (χ1) is 24.5. The van der Waals surface area contributed by atoms with Crippen molar-refractivity contribution >= 4 is 29.5 Å². The largest absolute Gasteiger partial charge is 0.465 e. The summed E-state index contributed by atoms with van der Waals surface area (Å²) in [6, 6.07) is 0. The molecular formula is C44H82O5S. The van der Waals surface area contributed by atoms with Crippen molar-refractivity contribution in [3.63, 3.8) is 0 Å². The minimum Gasteiger partial charge on any atom is -0.465 e. The van der Waals surface area contributed by atoms with Crippen LogP contribution in [0, 0.1) is 11.8 Å². The first-order valence-electron chi connectivity index (χ1n) is 22.0. The second-order valence-electron chi connectivity index (χ2n) is 15.5. The fraction of sp³-hybridized carbons (Fsp3) is 0.932. The van der Waals surface area contributed by atoms with Crippen molar-refractivity contribution in [2.45, 2.75) is 232 Å². The van der Waals surface area contributed by atoms with Crippen molar-refractivity contribution in [2.24, 2.45) is 11.8 Å². The first-order valence-corrected chi connectivity index (χ1v) is 23.1. The van der Waals surface area contributed by atoms with Crippen molar-refractivity contribution in [3.8, 4) is 0 Å². The Morgan fingerprint density at radius 2 is 1.12 bits per heavy atom. The van der Waals surface area contributed by atoms with Gasteiger partial charge in [0.1, 0.15) is 11.9 Å². The quantitative estimate of drug-likeness (QED) is 0.0368. The summed E-state index contributed by atoms with van der Waals surface area (Å²) in [4.78, 5) is 38.1. The number of carbonyl (C=O) groups is 3. The highest BCUT2D eigenvalue weighted by Crippen LogP contribution is 2.27. The number of esters is 2. The minimum absolute atomic E-state index is 0.0119. The standard InChI is InChI=1S/C44H82O5S/c1-4-7-10-13-14-22-31-40(30-21-11-8-5-2)44(47)48-35-26-17-23-32-41(45)33-24-18-27-36-50-38-42(34-25-12-9-6-3)49-43(46)37-39-28-19-15-16-20-29-39/h39-40,42H,4-38H2,1-3H3. The van der Waals surface area contributed by atoms with Gasteiger partial charge in [-0.3, -0.25) is 14.4 Å². The maximum atomic E-state index is 12.8. The van der Waals surface area contributed by atoms with Crippen LogP contribution in [-0.4, -0.2) is 41.9 Å². The van der Waals surface area contributed by atoms with Gasteiger partial charge in [0.25, 0.3) is 0 Å². The molecule has 294 valence electrons. The maximum absolute atomic E-state index is 12.8. The van der Waals surface area contributed by atoms with E-state index in [0.29, 0.717) is 37.6 Å². The molecule has 0 radical (unpaired) electrons. The van der Waals surface area contributed by atoms with Crippen molar-refractivity contribution < 1.29 is 23.9 Å². The monoisotopic (exact) mass is 723 g/mol. The molecule has 0 heterocycles. The van der Waals surface area contributed by atoms with E-state index >= 15 is 0 Å². The van der Waals surface area contributed by atoms with Crippen molar-refractivity contribution in [1.82, 2.24) is 0 Å². The van der Waals surface area contributed by atoms with Crippen molar-refractivity contribution in [1.29, 1.82) is 0 Å². The lowest BCUT2D eigenvalue weighted by Gasteiger charge is -2.20. The van der Waals surface area contributed by atoms with E-state index < -0.39 is 0 Å². The van der Waals surface area contributed by atoms with E-state index in [1.54, 1.807) is 0 Å². The molecule has 5 nitrogen and oxygen atoms in total. The molecular weight excluding hydrogens is 641 g/mol. The second kappa shape index (κ2) is 35.0. The summed E-state index contributed by atoms with van der Waals surface area (Å²) in [5.74, 6) is 2.96. The Bertz CT molecular complexity index is 793. The Hall–Kier alpha value is -1.04. The molecule has 0 aromatic rings. The number of thioether (sulfide) groups is 1. The summed E-state index contributed by atoms with van der Waals surface area (Å²) in [6.07, 6.45) is 35.4. The molecule has 1 rings (SSSR count). The zero-order valence-electron chi connectivity index (χ0n) is 33.4. The van der Waals surface area contributed by atoms with E-state index in [-0.39, 0.29) is 24.0 Å². The van der Waals surface area contributed by atoms with Gasteiger partial charge in [0, 0.05) is 25.0 Å². The second-order valence-corrected chi connectivity index (χ2v) is 16.7. The van der Waals surface area contributed by atoms with Crippen molar-refractivity contribution in [2.75, 3.05) is 18.1 Å². The predicted molar refractivity (Wildman–Crippen MR) is 215 cm³/mol. The summed E-state index contributed by atoms with van der Waals surface area (Å²) in [7, 11) is 0. The van der Waals surface area contributed by atoms with Crippen LogP contribution in [0.5, 0.6) is 0 Å². The van der Waals surface area contributed by atoms with Gasteiger partial charge in [0.05, 0.1) is 12.5 Å². The molecule has 0 aromatic carbocycles. The van der Waals surface area contributed by atoms with Gasteiger partial charge in [-0.25, -0.2) is 0 Å². The number of hydrogen-bond acceptors (Lipinski definition) is 6. The summed E-state index contributed by atoms with van der Waals surface area (Å²) in [5, 5.41) is 0. The Balaban J connectivity index is 2.16. The molecule has 0 spiro atoms. The highest BCUT2D eigenvalue weighted by atomic mass is 32.2. The van der Waals surface area contributed by atoms with E-state index in [9.17, 15) is 14.4 Å². The van der Waals surface area contributed by atoms with E-state index in [1.165, 1.54) is 109 Å². The van der Waals surface area contributed by atoms with Crippen LogP contribution >= 0.6 is 11.8 Å². The molecule has 1 fully saturated rings. The van der Waals surface area contributed by atoms with Gasteiger partial charge >= 0.3 is 11.9 Å². The number of ketones is 1. The Morgan fingerprint density at radius 1 is 0.600 bits per heavy atom. The lowest BCUT2D eigenvalue weighted by atomic mass is 9.94. The number of unbranched alkanes of at least 4 members (excludes halogenated alkanes) is 15. The summed E-state index contributed by atoms with van der Waals surface area (Å²) in [6.45, 7) is 7.20. The third kappa shape index (κ3) is 28.5. The van der Waals surface area contributed by atoms with Crippen LogP contribution in [0.1, 0.15) is 226 Å². The van der Waals surface area contributed by atoms with E-state index in [2.05, 4.69) is 20.8 Å². The van der Waals surface area contributed by atoms with E-state index in [0.717, 1.165) is 88.6 Å². The van der Waals surface area contributed by atoms with Crippen LogP contribution in [0.3, 0.4) is 0 Å². The average Bonchev–Trinajstić information content (AvgIpc) is 3.38. The Morgan fingerprint density at radius 3 is 1.74 bits per heavy atom. The van der Waals surface area contributed by atoms with Crippen LogP contribution < -0.4 is 0 Å². The Kier molecular flexibility index (Phi) is 32.9. The third-order valence-corrected chi connectivity index (χ3v) is 11.8.